The number of rotatable bonds is 2. The van der Waals surface area contributed by atoms with Crippen LogP contribution in [0.5, 0.6) is 0 Å². The van der Waals surface area contributed by atoms with E-state index >= 15 is 0 Å². The number of nitrogens with zero attached hydrogens (tertiary/aromatic N) is 6. The first kappa shape index (κ1) is 17.9. The van der Waals surface area contributed by atoms with Crippen molar-refractivity contribution in [3.05, 3.63) is 51.8 Å². The number of imidazole rings is 1. The van der Waals surface area contributed by atoms with Gasteiger partial charge in [-0.2, -0.15) is 5.10 Å². The van der Waals surface area contributed by atoms with Crippen LogP contribution in [0, 0.1) is 20.8 Å². The Morgan fingerprint density at radius 3 is 2.66 bits per heavy atom. The van der Waals surface area contributed by atoms with Crippen LogP contribution in [0.4, 0.5) is 0 Å². The first-order chi connectivity index (χ1) is 14.0. The third-order valence-corrected chi connectivity index (χ3v) is 5.62. The van der Waals surface area contributed by atoms with Gasteiger partial charge in [-0.1, -0.05) is 0 Å². The minimum atomic E-state index is -0.0196. The zero-order valence-corrected chi connectivity index (χ0v) is 16.8. The van der Waals surface area contributed by atoms with Crippen molar-refractivity contribution in [2.75, 3.05) is 13.1 Å². The molecule has 4 aromatic rings. The average molecular weight is 389 g/mol. The molecule has 0 unspecified atom stereocenters. The highest BCUT2D eigenvalue weighted by atomic mass is 16.1. The summed E-state index contributed by atoms with van der Waals surface area (Å²) >= 11 is 0. The van der Waals surface area contributed by atoms with E-state index in [0.717, 1.165) is 48.4 Å². The van der Waals surface area contributed by atoms with Gasteiger partial charge in [0.1, 0.15) is 5.69 Å². The maximum absolute atomic E-state index is 13.1. The van der Waals surface area contributed by atoms with Crippen LogP contribution in [0.2, 0.25) is 0 Å². The van der Waals surface area contributed by atoms with Crippen molar-refractivity contribution in [3.63, 3.8) is 0 Å². The Kier molecular flexibility index (Phi) is 4.16. The van der Waals surface area contributed by atoms with E-state index in [-0.39, 0.29) is 11.6 Å². The van der Waals surface area contributed by atoms with Gasteiger partial charge in [-0.05, 0) is 63.9 Å². The number of hydrogen-bond donors (Lipinski definition) is 1. The summed E-state index contributed by atoms with van der Waals surface area (Å²) in [4.78, 5) is 26.8. The van der Waals surface area contributed by atoms with Crippen molar-refractivity contribution in [1.82, 2.24) is 34.4 Å². The van der Waals surface area contributed by atoms with Crippen LogP contribution >= 0.6 is 0 Å². The van der Waals surface area contributed by atoms with Gasteiger partial charge in [-0.25, -0.2) is 19.5 Å². The molecule has 1 aliphatic heterocycles. The summed E-state index contributed by atoms with van der Waals surface area (Å²) in [5.41, 5.74) is 5.04. The lowest BCUT2D eigenvalue weighted by molar-refractivity contribution is 0.361. The number of aromatic nitrogens is 6. The third-order valence-electron chi connectivity index (χ3n) is 5.62. The van der Waals surface area contributed by atoms with E-state index in [1.165, 1.54) is 0 Å². The first-order valence-corrected chi connectivity index (χ1v) is 9.94. The minimum absolute atomic E-state index is 0.0196. The topological polar surface area (TPSA) is 90.0 Å². The van der Waals surface area contributed by atoms with Gasteiger partial charge in [0.05, 0.1) is 22.8 Å². The fourth-order valence-electron chi connectivity index (χ4n) is 4.14. The molecule has 148 valence electrons. The second-order valence-corrected chi connectivity index (χ2v) is 7.82. The van der Waals surface area contributed by atoms with Crippen LogP contribution in [0.25, 0.3) is 28.1 Å². The zero-order chi connectivity index (χ0) is 20.1. The molecule has 1 saturated heterocycles. The van der Waals surface area contributed by atoms with Gasteiger partial charge in [-0.3, -0.25) is 4.79 Å². The standard InChI is InChI=1S/C21H23N7O/c1-12-8-17(26-28-11-14(3)24-20(12)28)19-23-9-16-18(25-19)13(2)10-27(21(16)29)15-4-6-22-7-5-15/h8-11,15,22H,4-7H2,1-3H3. The Morgan fingerprint density at radius 2 is 1.86 bits per heavy atom. The highest BCUT2D eigenvalue weighted by molar-refractivity contribution is 5.81. The molecule has 5 heterocycles. The van der Waals surface area contributed by atoms with E-state index in [4.69, 9.17) is 4.98 Å². The fourth-order valence-corrected chi connectivity index (χ4v) is 4.14. The van der Waals surface area contributed by atoms with E-state index in [2.05, 4.69) is 20.4 Å². The van der Waals surface area contributed by atoms with E-state index < -0.39 is 0 Å². The van der Waals surface area contributed by atoms with Crippen LogP contribution in [0.1, 0.15) is 35.7 Å². The number of pyridine rings is 1. The van der Waals surface area contributed by atoms with Gasteiger partial charge < -0.3 is 9.88 Å². The average Bonchev–Trinajstić information content (AvgIpc) is 3.12. The third kappa shape index (κ3) is 3.00. The molecule has 29 heavy (non-hydrogen) atoms. The molecule has 5 rings (SSSR count). The Morgan fingerprint density at radius 1 is 1.07 bits per heavy atom. The molecule has 8 heteroatoms. The molecule has 1 N–H and O–H groups in total. The monoisotopic (exact) mass is 389 g/mol. The summed E-state index contributed by atoms with van der Waals surface area (Å²) in [7, 11) is 0. The SMILES string of the molecule is Cc1cn2nc(-c3ncc4c(=O)n(C5CCNCC5)cc(C)c4n3)cc(C)c2n1. The molecule has 1 aliphatic rings. The lowest BCUT2D eigenvalue weighted by atomic mass is 10.1. The molecule has 4 aromatic heterocycles. The van der Waals surface area contributed by atoms with Crippen molar-refractivity contribution in [1.29, 1.82) is 0 Å². The number of hydrogen-bond acceptors (Lipinski definition) is 6. The van der Waals surface area contributed by atoms with E-state index in [1.807, 2.05) is 43.8 Å². The number of fused-ring (bicyclic) bond motifs is 2. The van der Waals surface area contributed by atoms with Gasteiger partial charge >= 0.3 is 0 Å². The Labute approximate surface area is 167 Å². The summed E-state index contributed by atoms with van der Waals surface area (Å²) in [6.07, 6.45) is 7.38. The van der Waals surface area contributed by atoms with Crippen LogP contribution in [-0.2, 0) is 0 Å². The van der Waals surface area contributed by atoms with Gasteiger partial charge in [0.2, 0.25) is 0 Å². The predicted molar refractivity (Wildman–Crippen MR) is 111 cm³/mol. The molecule has 0 radical (unpaired) electrons. The van der Waals surface area contributed by atoms with E-state index in [0.29, 0.717) is 22.4 Å². The molecular weight excluding hydrogens is 366 g/mol. The van der Waals surface area contributed by atoms with Gasteiger partial charge in [0.25, 0.3) is 5.56 Å². The highest BCUT2D eigenvalue weighted by Gasteiger charge is 2.19. The zero-order valence-electron chi connectivity index (χ0n) is 16.8. The lowest BCUT2D eigenvalue weighted by Crippen LogP contribution is -2.34. The van der Waals surface area contributed by atoms with E-state index in [9.17, 15) is 4.79 Å². The summed E-state index contributed by atoms with van der Waals surface area (Å²) < 4.78 is 3.62. The molecule has 0 spiro atoms. The minimum Gasteiger partial charge on any atom is -0.317 e. The lowest BCUT2D eigenvalue weighted by Gasteiger charge is -2.25. The maximum Gasteiger partial charge on any atom is 0.261 e. The maximum atomic E-state index is 13.1. The fraction of sp³-hybridized carbons (Fsp3) is 0.381. The number of aryl methyl sites for hydroxylation is 3. The van der Waals surface area contributed by atoms with Crippen molar-refractivity contribution < 1.29 is 0 Å². The van der Waals surface area contributed by atoms with Crippen LogP contribution in [-0.4, -0.2) is 42.2 Å². The summed E-state index contributed by atoms with van der Waals surface area (Å²) in [6, 6.07) is 2.16. The van der Waals surface area contributed by atoms with E-state index in [1.54, 1.807) is 10.7 Å². The van der Waals surface area contributed by atoms with Crippen molar-refractivity contribution >= 4 is 16.6 Å². The summed E-state index contributed by atoms with van der Waals surface area (Å²) in [5.74, 6) is 0.510. The normalized spacial score (nSPS) is 15.4. The predicted octanol–water partition coefficient (Wildman–Crippen LogP) is 2.35. The molecular formula is C21H23N7O. The Bertz CT molecular complexity index is 1300. The van der Waals surface area contributed by atoms with Crippen LogP contribution in [0.15, 0.2) is 29.5 Å². The second-order valence-electron chi connectivity index (χ2n) is 7.82. The highest BCUT2D eigenvalue weighted by Crippen LogP contribution is 2.23. The molecule has 0 saturated carbocycles. The van der Waals surface area contributed by atoms with Crippen molar-refractivity contribution in [3.8, 4) is 11.5 Å². The molecule has 0 atom stereocenters. The molecule has 0 aromatic carbocycles. The molecule has 8 nitrogen and oxygen atoms in total. The molecule has 0 aliphatic carbocycles. The smallest absolute Gasteiger partial charge is 0.261 e. The Hall–Kier alpha value is -3.13. The molecule has 0 amide bonds. The first-order valence-electron chi connectivity index (χ1n) is 9.94. The molecule has 0 bridgehead atoms. The van der Waals surface area contributed by atoms with Crippen molar-refractivity contribution in [2.45, 2.75) is 39.7 Å². The van der Waals surface area contributed by atoms with Gasteiger partial charge in [-0.15, -0.1) is 0 Å². The molecule has 1 fully saturated rings. The van der Waals surface area contributed by atoms with Gasteiger partial charge in [0, 0.05) is 18.4 Å². The van der Waals surface area contributed by atoms with Crippen LogP contribution in [0.3, 0.4) is 0 Å². The largest absolute Gasteiger partial charge is 0.317 e. The number of nitrogens with one attached hydrogen (secondary N) is 1. The van der Waals surface area contributed by atoms with Gasteiger partial charge in [0.15, 0.2) is 11.5 Å². The second kappa shape index (κ2) is 6.73. The number of piperidine rings is 1. The summed E-state index contributed by atoms with van der Waals surface area (Å²) in [5, 5.41) is 8.52. The quantitative estimate of drug-likeness (QED) is 0.566. The van der Waals surface area contributed by atoms with Crippen molar-refractivity contribution in [2.24, 2.45) is 0 Å². The Balaban J connectivity index is 1.64. The van der Waals surface area contributed by atoms with Crippen LogP contribution < -0.4 is 10.9 Å². The summed E-state index contributed by atoms with van der Waals surface area (Å²) in [6.45, 7) is 7.81.